The van der Waals surface area contributed by atoms with E-state index in [-0.39, 0.29) is 0 Å². The maximum absolute atomic E-state index is 13.2. The van der Waals surface area contributed by atoms with Crippen LogP contribution in [0.1, 0.15) is 34.6 Å². The summed E-state index contributed by atoms with van der Waals surface area (Å²) in [6.07, 6.45) is -102. The fourth-order valence-electron chi connectivity index (χ4n) is 16.9. The minimum Gasteiger partial charge on any atom is -0.394 e. The lowest BCUT2D eigenvalue weighted by atomic mass is 9.93. The van der Waals surface area contributed by atoms with E-state index in [2.05, 4.69) is 39.1 Å². The molecule has 10 fully saturated rings. The van der Waals surface area contributed by atoms with Crippen molar-refractivity contribution < 1.29 is 288 Å². The highest BCUT2D eigenvalue weighted by atomic mass is 32.3. The van der Waals surface area contributed by atoms with Gasteiger partial charge in [-0.05, 0) is 0 Å². The standard InChI is InChI=1S/C70H117N5O60S3/c1-16(83)71-31-42(94)52(27(12-82)123-62(31)132-60-41(93)26(11-81)122-70(51(60)103)131-56-35(75-20(5)87)61(104)117-22(7-77)37(56)89)127-67-48(100)57(38(90)23(8-78)119-67)133-64-33(73-18(3)85)44(96)54(29(125-64)14-115-137(108,109)110)129-69-50(102)59(40(92)25(10-80)121-69)135-65-34(74-19(4)86)45(97)55(30(126-65)15-116-138(111,112)113)130-68-49(101)58(39(91)24(9-79)120-68)134-63-32(72-17(2)84)43(95)53(28(124-63)13-114-136(105,106)107)128-66-47(99)46(98)36(88)21(6-76)118-66/h21-70,76-82,88-104H,6-15H2,1-5H3,(H,71,83)(H,72,84)(H,73,85)(H,74,86)(H,75,87)(H,105,106,107)(H,108,109,110)(H,111,112,113)/t21-,22-,23-,24-,25-,26-,27-,28-,29-,30-,31-,32-,33-,34-,35-,36+,37+,38+,39+,40+,41+,42-,43-,44-,45-,46+,47-,48-,49-,50-,51-,52-,53-,54-,55-,56-,57+,58+,59+,60+,61+,62+,63+,64+,65+,66+,67+,68+,69+,70+/m1/s1. The highest BCUT2D eigenvalue weighted by molar-refractivity contribution is 7.81. The molecular formula is C70H117N5O60S3. The summed E-state index contributed by atoms with van der Waals surface area (Å²) in [5.74, 6) is -5.17. The molecule has 10 saturated heterocycles. The number of carbonyl (C=O) groups excluding carboxylic acids is 5. The Hall–Kier alpha value is -4.76. The second-order valence-corrected chi connectivity index (χ2v) is 36.5. The summed E-state index contributed by atoms with van der Waals surface area (Å²) in [5.41, 5.74) is 0. The molecule has 10 aliphatic heterocycles. The number of rotatable bonds is 39. The van der Waals surface area contributed by atoms with Crippen LogP contribution in [0.5, 0.6) is 0 Å². The van der Waals surface area contributed by atoms with Gasteiger partial charge < -0.3 is 239 Å². The lowest BCUT2D eigenvalue weighted by Gasteiger charge is -2.51. The Morgan fingerprint density at radius 1 is 0.217 bits per heavy atom. The number of aliphatic hydroxyl groups excluding tert-OH is 24. The van der Waals surface area contributed by atoms with Crippen LogP contribution in [-0.4, -0.2) is 564 Å². The van der Waals surface area contributed by atoms with Crippen molar-refractivity contribution in [3.8, 4) is 0 Å². The predicted molar refractivity (Wildman–Crippen MR) is 419 cm³/mol. The molecule has 0 saturated carbocycles. The molecule has 800 valence electrons. The number of hydrogen-bond acceptors (Lipinski definition) is 57. The smallest absolute Gasteiger partial charge is 0.394 e. The van der Waals surface area contributed by atoms with Crippen molar-refractivity contribution in [2.75, 3.05) is 66.1 Å². The zero-order valence-corrected chi connectivity index (χ0v) is 75.2. The summed E-state index contributed by atoms with van der Waals surface area (Å²) in [6.45, 7) is -8.50. The Kier molecular flexibility index (Phi) is 41.0. The van der Waals surface area contributed by atoms with Crippen LogP contribution in [0.2, 0.25) is 0 Å². The van der Waals surface area contributed by atoms with E-state index in [4.69, 9.17) is 90.0 Å². The molecular weight excluding hydrogens is 1970 g/mol. The van der Waals surface area contributed by atoms with E-state index in [0.717, 1.165) is 34.6 Å². The summed E-state index contributed by atoms with van der Waals surface area (Å²) < 4.78 is 227. The van der Waals surface area contributed by atoms with Crippen LogP contribution in [0.25, 0.3) is 0 Å². The van der Waals surface area contributed by atoms with Crippen LogP contribution in [0.4, 0.5) is 0 Å². The van der Waals surface area contributed by atoms with Gasteiger partial charge in [0.05, 0.1) is 66.1 Å². The Balaban J connectivity index is 0.883. The van der Waals surface area contributed by atoms with Crippen LogP contribution >= 0.6 is 0 Å². The number of aliphatic hydroxyl groups is 24. The van der Waals surface area contributed by atoms with Crippen LogP contribution in [-0.2, 0) is 158 Å². The molecule has 0 aliphatic carbocycles. The molecule has 65 nitrogen and oxygen atoms in total. The van der Waals surface area contributed by atoms with Crippen LogP contribution < -0.4 is 26.6 Å². The average Bonchev–Trinajstić information content (AvgIpc) is 0.758. The first-order valence-corrected chi connectivity index (χ1v) is 46.2. The van der Waals surface area contributed by atoms with Crippen molar-refractivity contribution in [1.82, 2.24) is 26.6 Å². The van der Waals surface area contributed by atoms with Crippen molar-refractivity contribution in [1.29, 1.82) is 0 Å². The first-order valence-electron chi connectivity index (χ1n) is 42.1. The van der Waals surface area contributed by atoms with E-state index in [1.54, 1.807) is 0 Å². The molecule has 0 bridgehead atoms. The SMILES string of the molecule is CC(=O)N[C@@H]1[C@@H](O[C@@H]2O[C@H](CO)[C@H](O)[C@H](O[C@@H]3O[C@H](CO)[C@@H](O[C@@H]4O[C@H](CO)[C@H](O)[C@H](O[C@@H]5O[C@H](COS(=O)(=O)O)[C@@H](O[C@@H]6O[C@H](CO)[C@H](O)[C@H](O[C@@H]7O[C@H](COS(=O)(=O)O)[C@@H](O[C@@H]8O[C@H](CO)[C@H](O)[C@H](O[C@@H]9O[C@H](COS(=O)(=O)O)[C@@H](O[C@@H]%10O[C@H](CO)[C@H](O)[C@H](O)[C@H]%10O)[C@H](O)[C@H]9NC(C)=O)[C@H]8O)[C@H](O)[C@H]7NC(C)=O)[C@H]6O)[C@H](O)[C@H]5NC(C)=O)[C@H]4O)[C@H](O)[C@H]3NC(C)=O)[C@H]2O)[C@@H](O)[C@@H](CO)O[C@@H]1O. The zero-order chi connectivity index (χ0) is 102. The van der Waals surface area contributed by atoms with E-state index in [1.807, 2.05) is 0 Å². The molecule has 10 heterocycles. The first kappa shape index (κ1) is 115. The van der Waals surface area contributed by atoms with E-state index in [1.165, 1.54) is 0 Å². The molecule has 32 N–H and O–H groups in total. The number of nitrogens with one attached hydrogen (secondary N) is 5. The van der Waals surface area contributed by atoms with Gasteiger partial charge in [-0.2, -0.15) is 25.3 Å². The summed E-state index contributed by atoms with van der Waals surface area (Å²) >= 11 is 0. The number of hydrogen-bond donors (Lipinski definition) is 32. The fraction of sp³-hybridized carbons (Fsp3) is 0.929. The maximum atomic E-state index is 13.2. The maximum Gasteiger partial charge on any atom is 0.397 e. The van der Waals surface area contributed by atoms with Crippen molar-refractivity contribution in [2.45, 2.75) is 341 Å². The summed E-state index contributed by atoms with van der Waals surface area (Å²) in [5, 5.41) is 282. The first-order chi connectivity index (χ1) is 64.6. The van der Waals surface area contributed by atoms with Crippen LogP contribution in [0, 0.1) is 0 Å². The van der Waals surface area contributed by atoms with Gasteiger partial charge in [-0.25, -0.2) is 12.5 Å². The molecule has 10 rings (SSSR count). The number of carbonyl (C=O) groups is 5. The molecule has 138 heavy (non-hydrogen) atoms. The Morgan fingerprint density at radius 3 is 0.645 bits per heavy atom. The summed E-state index contributed by atoms with van der Waals surface area (Å²) in [6, 6.07) is -10.3. The third-order valence-electron chi connectivity index (χ3n) is 23.5. The van der Waals surface area contributed by atoms with Gasteiger partial charge in [0.1, 0.15) is 244 Å². The summed E-state index contributed by atoms with van der Waals surface area (Å²) in [4.78, 5) is 64.4. The lowest BCUT2D eigenvalue weighted by molar-refractivity contribution is -0.390. The van der Waals surface area contributed by atoms with E-state index < -0.39 is 434 Å². The lowest BCUT2D eigenvalue weighted by Crippen LogP contribution is -2.71. The van der Waals surface area contributed by atoms with Gasteiger partial charge in [-0.15, -0.1) is 0 Å². The summed E-state index contributed by atoms with van der Waals surface area (Å²) in [7, 11) is -16.8. The van der Waals surface area contributed by atoms with E-state index >= 15 is 0 Å². The minimum atomic E-state index is -5.67. The molecule has 50 atom stereocenters. The average molecular weight is 2080 g/mol. The second kappa shape index (κ2) is 49.2. The van der Waals surface area contributed by atoms with Gasteiger partial charge >= 0.3 is 31.2 Å². The highest BCUT2D eigenvalue weighted by Crippen LogP contribution is 2.42. The topological polar surface area (TPSA) is 997 Å². The quantitative estimate of drug-likeness (QED) is 0.0254. The number of ether oxygens (including phenoxy) is 19. The highest BCUT2D eigenvalue weighted by Gasteiger charge is 2.63. The third kappa shape index (κ3) is 27.7. The van der Waals surface area contributed by atoms with E-state index in [9.17, 15) is 185 Å². The Bertz CT molecular complexity index is 4290. The predicted octanol–water partition coefficient (Wildman–Crippen LogP) is -22.6. The third-order valence-corrected chi connectivity index (χ3v) is 24.8. The molecule has 68 heteroatoms. The molecule has 0 aromatic carbocycles. The molecule has 0 aromatic heterocycles. The zero-order valence-electron chi connectivity index (χ0n) is 72.7. The Labute approximate surface area is 779 Å². The molecule has 0 radical (unpaired) electrons. The van der Waals surface area contributed by atoms with Crippen molar-refractivity contribution >= 4 is 60.7 Å². The monoisotopic (exact) mass is 2080 g/mol. The molecule has 0 aromatic rings. The second-order valence-electron chi connectivity index (χ2n) is 33.3. The molecule has 0 spiro atoms. The minimum absolute atomic E-state index is 0.785. The van der Waals surface area contributed by atoms with Crippen molar-refractivity contribution in [2.24, 2.45) is 0 Å². The van der Waals surface area contributed by atoms with E-state index in [0.29, 0.717) is 0 Å². The van der Waals surface area contributed by atoms with Gasteiger partial charge in [0.2, 0.25) is 29.5 Å². The number of amides is 5. The van der Waals surface area contributed by atoms with Crippen molar-refractivity contribution in [3.63, 3.8) is 0 Å². The van der Waals surface area contributed by atoms with Gasteiger partial charge in [-0.1, -0.05) is 0 Å². The normalized spacial score (nSPS) is 45.6. The Morgan fingerprint density at radius 2 is 0.406 bits per heavy atom. The van der Waals surface area contributed by atoms with Crippen LogP contribution in [0.15, 0.2) is 0 Å². The molecule has 5 amide bonds. The largest absolute Gasteiger partial charge is 0.397 e. The fourth-order valence-corrected chi connectivity index (χ4v) is 17.8. The molecule has 0 unspecified atom stereocenters. The van der Waals surface area contributed by atoms with Gasteiger partial charge in [0, 0.05) is 34.6 Å². The van der Waals surface area contributed by atoms with Gasteiger partial charge in [-0.3, -0.25) is 37.6 Å². The molecule has 10 aliphatic rings. The van der Waals surface area contributed by atoms with Crippen molar-refractivity contribution in [3.05, 3.63) is 0 Å². The van der Waals surface area contributed by atoms with Gasteiger partial charge in [0.15, 0.2) is 62.9 Å². The van der Waals surface area contributed by atoms with Crippen LogP contribution in [0.3, 0.4) is 0 Å². The van der Waals surface area contributed by atoms with Gasteiger partial charge in [0.25, 0.3) is 0 Å².